The number of hydrogen-bond donors (Lipinski definition) is 3. The molecule has 0 unspecified atom stereocenters. The number of hydrogen-bond acceptors (Lipinski definition) is 5. The third kappa shape index (κ3) is 3.56. The molecule has 0 radical (unpaired) electrons. The first-order valence-corrected chi connectivity index (χ1v) is 5.99. The molecule has 0 saturated carbocycles. The molecule has 6 heteroatoms. The number of benzene rings is 1. The predicted molar refractivity (Wildman–Crippen MR) is 75.3 cm³/mol. The third-order valence-corrected chi connectivity index (χ3v) is 2.77. The average Bonchev–Trinajstić information content (AvgIpc) is 2.37. The maximum absolute atomic E-state index is 9.06. The van der Waals surface area contributed by atoms with Gasteiger partial charge in [0.1, 0.15) is 10.7 Å². The lowest BCUT2D eigenvalue weighted by Gasteiger charge is -2.25. The van der Waals surface area contributed by atoms with Gasteiger partial charge in [-0.1, -0.05) is 12.2 Å². The van der Waals surface area contributed by atoms with Crippen LogP contribution in [0.2, 0.25) is 0 Å². The van der Waals surface area contributed by atoms with Crippen molar-refractivity contribution in [3.8, 4) is 5.75 Å². The third-order valence-electron chi connectivity index (χ3n) is 2.55. The van der Waals surface area contributed by atoms with Gasteiger partial charge in [-0.15, -0.1) is 0 Å². The van der Waals surface area contributed by atoms with Crippen LogP contribution in [0.1, 0.15) is 5.56 Å². The summed E-state index contributed by atoms with van der Waals surface area (Å²) in [6.07, 6.45) is 0. The summed E-state index contributed by atoms with van der Waals surface area (Å²) in [6, 6.07) is 5.34. The standard InChI is InChI=1S/C12H18N2O3S/c1-17-9-2-3-10(12(13)18)11(8-9)14(4-6-15)5-7-16/h2-3,8,15-16H,4-7H2,1H3,(H2,13,18). The molecule has 0 fully saturated rings. The van der Waals surface area contributed by atoms with E-state index in [1.807, 2.05) is 4.90 Å². The van der Waals surface area contributed by atoms with E-state index in [4.69, 9.17) is 32.9 Å². The van der Waals surface area contributed by atoms with Crippen molar-refractivity contribution in [1.29, 1.82) is 0 Å². The largest absolute Gasteiger partial charge is 0.497 e. The Bertz CT molecular complexity index is 406. The first-order valence-electron chi connectivity index (χ1n) is 5.58. The van der Waals surface area contributed by atoms with Crippen molar-refractivity contribution in [3.05, 3.63) is 23.8 Å². The van der Waals surface area contributed by atoms with E-state index in [0.29, 0.717) is 24.4 Å². The highest BCUT2D eigenvalue weighted by Gasteiger charge is 2.13. The maximum atomic E-state index is 9.06. The number of aliphatic hydroxyl groups excluding tert-OH is 2. The van der Waals surface area contributed by atoms with E-state index in [2.05, 4.69) is 0 Å². The highest BCUT2D eigenvalue weighted by Crippen LogP contribution is 2.26. The Balaban J connectivity index is 3.18. The SMILES string of the molecule is COc1ccc(C(N)=S)c(N(CCO)CCO)c1. The van der Waals surface area contributed by atoms with Gasteiger partial charge in [-0.3, -0.25) is 0 Å². The fourth-order valence-corrected chi connectivity index (χ4v) is 1.88. The second-order valence-corrected chi connectivity index (χ2v) is 4.12. The smallest absolute Gasteiger partial charge is 0.120 e. The molecule has 0 aliphatic heterocycles. The second-order valence-electron chi connectivity index (χ2n) is 3.68. The first kappa shape index (κ1) is 14.7. The minimum absolute atomic E-state index is 0.0199. The first-order chi connectivity index (χ1) is 8.63. The summed E-state index contributed by atoms with van der Waals surface area (Å²) in [7, 11) is 1.57. The Morgan fingerprint density at radius 2 is 1.94 bits per heavy atom. The molecular weight excluding hydrogens is 252 g/mol. The Hall–Kier alpha value is -1.37. The van der Waals surface area contributed by atoms with Gasteiger partial charge in [-0.2, -0.15) is 0 Å². The quantitative estimate of drug-likeness (QED) is 0.611. The molecule has 1 aromatic rings. The van der Waals surface area contributed by atoms with E-state index in [9.17, 15) is 0 Å². The Morgan fingerprint density at radius 1 is 1.33 bits per heavy atom. The van der Waals surface area contributed by atoms with Crippen molar-refractivity contribution in [3.63, 3.8) is 0 Å². The maximum Gasteiger partial charge on any atom is 0.120 e. The molecule has 0 amide bonds. The molecule has 4 N–H and O–H groups in total. The molecule has 0 aromatic heterocycles. The van der Waals surface area contributed by atoms with E-state index >= 15 is 0 Å². The summed E-state index contributed by atoms with van der Waals surface area (Å²) in [5.74, 6) is 0.672. The van der Waals surface area contributed by atoms with Gasteiger partial charge in [0.25, 0.3) is 0 Å². The fourth-order valence-electron chi connectivity index (χ4n) is 1.70. The molecule has 100 valence electrons. The summed E-state index contributed by atoms with van der Waals surface area (Å²) < 4.78 is 5.16. The summed E-state index contributed by atoms with van der Waals surface area (Å²) in [5, 5.41) is 18.1. The highest BCUT2D eigenvalue weighted by molar-refractivity contribution is 7.80. The number of ether oxygens (including phenoxy) is 1. The van der Waals surface area contributed by atoms with Crippen LogP contribution in [0.15, 0.2) is 18.2 Å². The van der Waals surface area contributed by atoms with Gasteiger partial charge in [-0.25, -0.2) is 0 Å². The van der Waals surface area contributed by atoms with E-state index in [0.717, 1.165) is 5.69 Å². The Labute approximate surface area is 112 Å². The molecule has 0 atom stereocenters. The normalized spacial score (nSPS) is 10.2. The summed E-state index contributed by atoms with van der Waals surface area (Å²) in [5.41, 5.74) is 7.13. The molecular formula is C12H18N2O3S. The lowest BCUT2D eigenvalue weighted by Crippen LogP contribution is -2.31. The van der Waals surface area contributed by atoms with Crippen LogP contribution in [0.4, 0.5) is 5.69 Å². The van der Waals surface area contributed by atoms with E-state index in [1.165, 1.54) is 0 Å². The van der Waals surface area contributed by atoms with E-state index in [1.54, 1.807) is 25.3 Å². The zero-order chi connectivity index (χ0) is 13.5. The van der Waals surface area contributed by atoms with Crippen LogP contribution in [0, 0.1) is 0 Å². The van der Waals surface area contributed by atoms with Crippen LogP contribution in [0.3, 0.4) is 0 Å². The van der Waals surface area contributed by atoms with Crippen LogP contribution in [0.25, 0.3) is 0 Å². The number of nitrogens with zero attached hydrogens (tertiary/aromatic N) is 1. The van der Waals surface area contributed by atoms with E-state index in [-0.39, 0.29) is 18.2 Å². The van der Waals surface area contributed by atoms with Gasteiger partial charge in [0.05, 0.1) is 26.0 Å². The number of thiocarbonyl (C=S) groups is 1. The molecule has 0 spiro atoms. The molecule has 0 bridgehead atoms. The van der Waals surface area contributed by atoms with Crippen molar-refractivity contribution < 1.29 is 14.9 Å². The predicted octanol–water partition coefficient (Wildman–Crippen LogP) is 0.120. The van der Waals surface area contributed by atoms with Crippen molar-refractivity contribution in [2.24, 2.45) is 5.73 Å². The molecule has 18 heavy (non-hydrogen) atoms. The minimum atomic E-state index is -0.0199. The number of methoxy groups -OCH3 is 1. The van der Waals surface area contributed by atoms with Gasteiger partial charge in [0.2, 0.25) is 0 Å². The molecule has 5 nitrogen and oxygen atoms in total. The molecule has 0 aliphatic rings. The lowest BCUT2D eigenvalue weighted by atomic mass is 10.1. The number of nitrogens with two attached hydrogens (primary N) is 1. The summed E-state index contributed by atoms with van der Waals surface area (Å²) in [6.45, 7) is 0.745. The van der Waals surface area contributed by atoms with Crippen LogP contribution in [-0.2, 0) is 0 Å². The van der Waals surface area contributed by atoms with Crippen molar-refractivity contribution in [2.75, 3.05) is 38.3 Å². The number of anilines is 1. The van der Waals surface area contributed by atoms with Crippen LogP contribution >= 0.6 is 12.2 Å². The van der Waals surface area contributed by atoms with Crippen molar-refractivity contribution >= 4 is 22.9 Å². The Kier molecular flexibility index (Phi) is 5.84. The fraction of sp³-hybridized carbons (Fsp3) is 0.417. The van der Waals surface area contributed by atoms with Gasteiger partial charge >= 0.3 is 0 Å². The highest BCUT2D eigenvalue weighted by atomic mass is 32.1. The molecule has 0 aliphatic carbocycles. The second kappa shape index (κ2) is 7.15. The van der Waals surface area contributed by atoms with Crippen LogP contribution in [-0.4, -0.2) is 48.6 Å². The van der Waals surface area contributed by atoms with Crippen molar-refractivity contribution in [2.45, 2.75) is 0 Å². The monoisotopic (exact) mass is 270 g/mol. The zero-order valence-electron chi connectivity index (χ0n) is 10.3. The summed E-state index contributed by atoms with van der Waals surface area (Å²) >= 11 is 5.00. The minimum Gasteiger partial charge on any atom is -0.497 e. The number of rotatable bonds is 7. The summed E-state index contributed by atoms with van der Waals surface area (Å²) in [4.78, 5) is 2.09. The molecule has 1 aromatic carbocycles. The van der Waals surface area contributed by atoms with Gasteiger partial charge in [0.15, 0.2) is 0 Å². The topological polar surface area (TPSA) is 79.0 Å². The van der Waals surface area contributed by atoms with Gasteiger partial charge in [-0.05, 0) is 12.1 Å². The number of aliphatic hydroxyl groups is 2. The lowest BCUT2D eigenvalue weighted by molar-refractivity contribution is 0.281. The molecule has 1 rings (SSSR count). The van der Waals surface area contributed by atoms with Crippen LogP contribution in [0.5, 0.6) is 5.75 Å². The van der Waals surface area contributed by atoms with Crippen LogP contribution < -0.4 is 15.4 Å². The zero-order valence-corrected chi connectivity index (χ0v) is 11.1. The molecule has 0 heterocycles. The molecule has 0 saturated heterocycles. The average molecular weight is 270 g/mol. The van der Waals surface area contributed by atoms with Crippen molar-refractivity contribution in [1.82, 2.24) is 0 Å². The van der Waals surface area contributed by atoms with Gasteiger partial charge < -0.3 is 25.6 Å². The van der Waals surface area contributed by atoms with Gasteiger partial charge in [0, 0.05) is 24.7 Å². The Morgan fingerprint density at radius 3 is 2.39 bits per heavy atom. The van der Waals surface area contributed by atoms with E-state index < -0.39 is 0 Å².